The predicted octanol–water partition coefficient (Wildman–Crippen LogP) is 4.18. The van der Waals surface area contributed by atoms with Gasteiger partial charge in [0.1, 0.15) is 5.82 Å². The van der Waals surface area contributed by atoms with Crippen molar-refractivity contribution in [1.82, 2.24) is 4.98 Å². The van der Waals surface area contributed by atoms with Crippen molar-refractivity contribution in [2.24, 2.45) is 0 Å². The largest absolute Gasteiger partial charge is 0.220 e. The van der Waals surface area contributed by atoms with Crippen molar-refractivity contribution in [3.8, 4) is 11.1 Å². The third-order valence-electron chi connectivity index (χ3n) is 2.82. The van der Waals surface area contributed by atoms with Crippen molar-refractivity contribution < 1.29 is 8.78 Å². The second-order valence-corrected chi connectivity index (χ2v) is 4.02. The molecule has 0 saturated heterocycles. The van der Waals surface area contributed by atoms with Gasteiger partial charge in [-0.3, -0.25) is 0 Å². The zero-order valence-electron chi connectivity index (χ0n) is 9.40. The molecule has 1 aromatic heterocycles. The van der Waals surface area contributed by atoms with E-state index in [0.29, 0.717) is 16.6 Å². The van der Waals surface area contributed by atoms with Crippen LogP contribution in [0.2, 0.25) is 0 Å². The second-order valence-electron chi connectivity index (χ2n) is 4.02. The molecule has 0 bridgehead atoms. The van der Waals surface area contributed by atoms with Crippen molar-refractivity contribution in [3.05, 3.63) is 66.4 Å². The van der Waals surface area contributed by atoms with Gasteiger partial charge in [0, 0.05) is 11.5 Å². The van der Waals surface area contributed by atoms with Gasteiger partial charge in [-0.2, -0.15) is 4.39 Å². The van der Waals surface area contributed by atoms with Crippen molar-refractivity contribution in [2.75, 3.05) is 0 Å². The van der Waals surface area contributed by atoms with Crippen LogP contribution in [0.4, 0.5) is 8.78 Å². The van der Waals surface area contributed by atoms with Gasteiger partial charge in [0.05, 0.1) is 5.52 Å². The highest BCUT2D eigenvalue weighted by Crippen LogP contribution is 2.28. The van der Waals surface area contributed by atoms with E-state index in [0.717, 1.165) is 5.39 Å². The standard InChI is InChI=1S/C15H9F2N/c16-11-5-3-4-10(8-11)13-9-15(17)18-14-7-2-1-6-12(13)14/h1-9H. The number of para-hydroxylation sites is 1. The van der Waals surface area contributed by atoms with Gasteiger partial charge in [-0.1, -0.05) is 30.3 Å². The topological polar surface area (TPSA) is 12.9 Å². The Morgan fingerprint density at radius 3 is 2.50 bits per heavy atom. The molecule has 0 amide bonds. The van der Waals surface area contributed by atoms with Crippen LogP contribution in [0.25, 0.3) is 22.0 Å². The Balaban J connectivity index is 2.34. The number of aromatic nitrogens is 1. The van der Waals surface area contributed by atoms with Crippen LogP contribution in [0.3, 0.4) is 0 Å². The van der Waals surface area contributed by atoms with E-state index in [9.17, 15) is 8.78 Å². The number of nitrogens with zero attached hydrogens (tertiary/aromatic N) is 1. The first-order valence-electron chi connectivity index (χ1n) is 5.55. The van der Waals surface area contributed by atoms with Gasteiger partial charge in [0.2, 0.25) is 5.95 Å². The molecule has 1 nitrogen and oxygen atoms in total. The highest BCUT2D eigenvalue weighted by molar-refractivity contribution is 5.94. The van der Waals surface area contributed by atoms with Gasteiger partial charge in [-0.25, -0.2) is 9.37 Å². The van der Waals surface area contributed by atoms with Crippen LogP contribution in [-0.4, -0.2) is 4.98 Å². The minimum absolute atomic E-state index is 0.339. The maximum Gasteiger partial charge on any atom is 0.214 e. The molecule has 2 aromatic carbocycles. The van der Waals surface area contributed by atoms with Crippen LogP contribution >= 0.6 is 0 Å². The van der Waals surface area contributed by atoms with Crippen molar-refractivity contribution in [1.29, 1.82) is 0 Å². The first-order chi connectivity index (χ1) is 8.74. The van der Waals surface area contributed by atoms with Crippen LogP contribution in [0.15, 0.2) is 54.6 Å². The molecule has 88 valence electrons. The maximum atomic E-state index is 13.5. The van der Waals surface area contributed by atoms with Crippen LogP contribution in [0.1, 0.15) is 0 Å². The maximum absolute atomic E-state index is 13.5. The minimum atomic E-state index is -0.562. The summed E-state index contributed by atoms with van der Waals surface area (Å²) in [6.45, 7) is 0. The van der Waals surface area contributed by atoms with Gasteiger partial charge in [0.25, 0.3) is 0 Å². The SMILES string of the molecule is Fc1cccc(-c2cc(F)nc3ccccc23)c1. The van der Waals surface area contributed by atoms with E-state index in [1.165, 1.54) is 18.2 Å². The molecule has 3 aromatic rings. The average Bonchev–Trinajstić information content (AvgIpc) is 2.37. The summed E-state index contributed by atoms with van der Waals surface area (Å²) in [5.41, 5.74) is 1.86. The first kappa shape index (κ1) is 10.8. The Morgan fingerprint density at radius 2 is 1.67 bits per heavy atom. The van der Waals surface area contributed by atoms with Gasteiger partial charge >= 0.3 is 0 Å². The van der Waals surface area contributed by atoms with E-state index in [1.807, 2.05) is 12.1 Å². The van der Waals surface area contributed by atoms with E-state index in [2.05, 4.69) is 4.98 Å². The van der Waals surface area contributed by atoms with E-state index >= 15 is 0 Å². The second kappa shape index (κ2) is 4.18. The fourth-order valence-electron chi connectivity index (χ4n) is 2.04. The number of hydrogen-bond donors (Lipinski definition) is 0. The lowest BCUT2D eigenvalue weighted by Crippen LogP contribution is -1.89. The molecule has 0 N–H and O–H groups in total. The number of rotatable bonds is 1. The summed E-state index contributed by atoms with van der Waals surface area (Å²) in [7, 11) is 0. The molecule has 0 unspecified atom stereocenters. The summed E-state index contributed by atoms with van der Waals surface area (Å²) in [5.74, 6) is -0.901. The minimum Gasteiger partial charge on any atom is -0.220 e. The van der Waals surface area contributed by atoms with Crippen molar-refractivity contribution in [3.63, 3.8) is 0 Å². The van der Waals surface area contributed by atoms with Crippen LogP contribution in [-0.2, 0) is 0 Å². The Labute approximate surface area is 103 Å². The number of hydrogen-bond acceptors (Lipinski definition) is 1. The molecule has 0 saturated carbocycles. The molecular formula is C15H9F2N. The van der Waals surface area contributed by atoms with Crippen molar-refractivity contribution in [2.45, 2.75) is 0 Å². The number of fused-ring (bicyclic) bond motifs is 1. The fraction of sp³-hybridized carbons (Fsp3) is 0. The average molecular weight is 241 g/mol. The molecule has 18 heavy (non-hydrogen) atoms. The number of pyridine rings is 1. The lowest BCUT2D eigenvalue weighted by Gasteiger charge is -2.06. The van der Waals surface area contributed by atoms with Gasteiger partial charge in [-0.05, 0) is 29.3 Å². The van der Waals surface area contributed by atoms with Gasteiger partial charge < -0.3 is 0 Å². The Hall–Kier alpha value is -2.29. The Kier molecular flexibility index (Phi) is 2.52. The fourth-order valence-corrected chi connectivity index (χ4v) is 2.04. The highest BCUT2D eigenvalue weighted by atomic mass is 19.1. The summed E-state index contributed by atoms with van der Waals surface area (Å²) in [5, 5.41) is 0.810. The highest BCUT2D eigenvalue weighted by Gasteiger charge is 2.07. The Morgan fingerprint density at radius 1 is 0.833 bits per heavy atom. The summed E-state index contributed by atoms with van der Waals surface area (Å²) in [4.78, 5) is 3.82. The zero-order chi connectivity index (χ0) is 12.5. The first-order valence-corrected chi connectivity index (χ1v) is 5.55. The summed E-state index contributed by atoms with van der Waals surface area (Å²) < 4.78 is 26.7. The molecule has 0 aliphatic heterocycles. The third kappa shape index (κ3) is 1.84. The summed E-state index contributed by atoms with van der Waals surface area (Å²) in [6, 6.07) is 14.7. The summed E-state index contributed by atoms with van der Waals surface area (Å²) >= 11 is 0. The van der Waals surface area contributed by atoms with E-state index in [4.69, 9.17) is 0 Å². The van der Waals surface area contributed by atoms with E-state index in [-0.39, 0.29) is 5.82 Å². The smallest absolute Gasteiger partial charge is 0.214 e. The van der Waals surface area contributed by atoms with E-state index in [1.54, 1.807) is 24.3 Å². The quantitative estimate of drug-likeness (QED) is 0.582. The lowest BCUT2D eigenvalue weighted by atomic mass is 10.0. The summed E-state index contributed by atoms with van der Waals surface area (Å²) in [6.07, 6.45) is 0. The number of benzene rings is 2. The molecule has 0 aliphatic carbocycles. The van der Waals surface area contributed by atoms with Crippen LogP contribution in [0.5, 0.6) is 0 Å². The predicted molar refractivity (Wildman–Crippen MR) is 67.1 cm³/mol. The molecular weight excluding hydrogens is 232 g/mol. The van der Waals surface area contributed by atoms with Crippen LogP contribution in [0, 0.1) is 11.8 Å². The lowest BCUT2D eigenvalue weighted by molar-refractivity contribution is 0.589. The van der Waals surface area contributed by atoms with Gasteiger partial charge in [-0.15, -0.1) is 0 Å². The molecule has 0 spiro atoms. The monoisotopic (exact) mass is 241 g/mol. The molecule has 0 aliphatic rings. The normalized spacial score (nSPS) is 10.8. The van der Waals surface area contributed by atoms with Crippen LogP contribution < -0.4 is 0 Å². The molecule has 1 heterocycles. The number of halogens is 2. The molecule has 0 atom stereocenters. The van der Waals surface area contributed by atoms with Gasteiger partial charge in [0.15, 0.2) is 0 Å². The van der Waals surface area contributed by atoms with Crippen molar-refractivity contribution >= 4 is 10.9 Å². The molecule has 0 fully saturated rings. The Bertz CT molecular complexity index is 723. The van der Waals surface area contributed by atoms with E-state index < -0.39 is 5.95 Å². The molecule has 0 radical (unpaired) electrons. The zero-order valence-corrected chi connectivity index (χ0v) is 9.40. The molecule has 3 rings (SSSR count). The third-order valence-corrected chi connectivity index (χ3v) is 2.82. The molecule has 3 heteroatoms.